The van der Waals surface area contributed by atoms with Crippen molar-refractivity contribution >= 4 is 28.7 Å². The number of morpholine rings is 1. The minimum absolute atomic E-state index is 0.235. The summed E-state index contributed by atoms with van der Waals surface area (Å²) in [5, 5.41) is 3.92. The zero-order valence-corrected chi connectivity index (χ0v) is 22.3. The number of benzene rings is 2. The molecule has 6 nitrogen and oxygen atoms in total. The van der Waals surface area contributed by atoms with Gasteiger partial charge in [0.25, 0.3) is 0 Å². The van der Waals surface area contributed by atoms with Crippen molar-refractivity contribution < 1.29 is 9.13 Å². The summed E-state index contributed by atoms with van der Waals surface area (Å²) in [6.45, 7) is 7.55. The third kappa shape index (κ3) is 4.33. The maximum atomic E-state index is 15.1. The zero-order valence-electron chi connectivity index (χ0n) is 21.5. The highest BCUT2D eigenvalue weighted by molar-refractivity contribution is 7.80. The van der Waals surface area contributed by atoms with Gasteiger partial charge in [-0.3, -0.25) is 4.98 Å². The zero-order chi connectivity index (χ0) is 26.2. The van der Waals surface area contributed by atoms with E-state index in [1.807, 2.05) is 29.2 Å². The lowest BCUT2D eigenvalue weighted by Crippen LogP contribution is -2.36. The van der Waals surface area contributed by atoms with E-state index < -0.39 is 0 Å². The van der Waals surface area contributed by atoms with E-state index in [0.29, 0.717) is 10.8 Å². The normalized spacial score (nSPS) is 19.6. The lowest BCUT2D eigenvalue weighted by molar-refractivity contribution is 0.122. The van der Waals surface area contributed by atoms with Gasteiger partial charge >= 0.3 is 0 Å². The highest BCUT2D eigenvalue weighted by Crippen LogP contribution is 2.44. The summed E-state index contributed by atoms with van der Waals surface area (Å²) in [6.07, 6.45) is 1.78. The largest absolute Gasteiger partial charge is 0.378 e. The molecule has 2 saturated heterocycles. The molecule has 4 aromatic rings. The van der Waals surface area contributed by atoms with Crippen molar-refractivity contribution in [1.82, 2.24) is 14.9 Å². The third-order valence-electron chi connectivity index (χ3n) is 7.48. The monoisotopic (exact) mass is 527 g/mol. The smallest absolute Gasteiger partial charge is 0.174 e. The predicted molar refractivity (Wildman–Crippen MR) is 153 cm³/mol. The van der Waals surface area contributed by atoms with E-state index in [1.54, 1.807) is 18.3 Å². The van der Waals surface area contributed by atoms with Crippen LogP contribution in [-0.2, 0) is 4.74 Å². The molecule has 38 heavy (non-hydrogen) atoms. The first-order valence-electron chi connectivity index (χ1n) is 12.9. The van der Waals surface area contributed by atoms with E-state index in [1.165, 1.54) is 11.8 Å². The van der Waals surface area contributed by atoms with Crippen LogP contribution in [0, 0.1) is 19.7 Å². The first kappa shape index (κ1) is 24.6. The highest BCUT2D eigenvalue weighted by Gasteiger charge is 2.43. The van der Waals surface area contributed by atoms with Crippen LogP contribution in [0.3, 0.4) is 0 Å². The van der Waals surface area contributed by atoms with Crippen molar-refractivity contribution in [2.45, 2.75) is 25.9 Å². The predicted octanol–water partition coefficient (Wildman–Crippen LogP) is 5.64. The molecule has 2 aromatic heterocycles. The Morgan fingerprint density at radius 1 is 0.947 bits per heavy atom. The van der Waals surface area contributed by atoms with Crippen LogP contribution in [0.15, 0.2) is 79.0 Å². The van der Waals surface area contributed by atoms with Gasteiger partial charge in [0.05, 0.1) is 36.7 Å². The number of hydrogen-bond acceptors (Lipinski definition) is 4. The number of pyridine rings is 1. The van der Waals surface area contributed by atoms with Crippen LogP contribution < -0.4 is 15.1 Å². The average molecular weight is 528 g/mol. The Kier molecular flexibility index (Phi) is 6.59. The minimum Gasteiger partial charge on any atom is -0.378 e. The Hall–Kier alpha value is -3.75. The van der Waals surface area contributed by atoms with E-state index in [2.05, 4.69) is 63.9 Å². The van der Waals surface area contributed by atoms with Crippen molar-refractivity contribution in [3.8, 4) is 5.69 Å². The molecule has 0 amide bonds. The first-order valence-corrected chi connectivity index (χ1v) is 13.3. The lowest BCUT2D eigenvalue weighted by Gasteiger charge is -2.29. The van der Waals surface area contributed by atoms with Crippen LogP contribution in [0.4, 0.5) is 15.8 Å². The average Bonchev–Trinajstić information content (AvgIpc) is 3.44. The molecule has 0 unspecified atom stereocenters. The van der Waals surface area contributed by atoms with Crippen LogP contribution in [0.1, 0.15) is 34.7 Å². The second-order valence-corrected chi connectivity index (χ2v) is 10.1. The van der Waals surface area contributed by atoms with Crippen LogP contribution in [-0.4, -0.2) is 41.0 Å². The summed E-state index contributed by atoms with van der Waals surface area (Å²) in [6, 6.07) is 23.0. The fourth-order valence-corrected chi connectivity index (χ4v) is 6.03. The number of halogens is 1. The van der Waals surface area contributed by atoms with Crippen LogP contribution in [0.2, 0.25) is 0 Å². The van der Waals surface area contributed by atoms with E-state index in [0.717, 1.165) is 54.6 Å². The highest BCUT2D eigenvalue weighted by atomic mass is 32.1. The molecule has 1 N–H and O–H groups in total. The molecule has 4 heterocycles. The second kappa shape index (κ2) is 10.2. The Labute approximate surface area is 227 Å². The van der Waals surface area contributed by atoms with E-state index in [9.17, 15) is 0 Å². The van der Waals surface area contributed by atoms with Gasteiger partial charge in [-0.25, -0.2) is 4.39 Å². The van der Waals surface area contributed by atoms with E-state index in [-0.39, 0.29) is 17.9 Å². The molecular formula is C30H30FN5OS. The molecule has 0 saturated carbocycles. The Balaban J connectivity index is 1.43. The number of aromatic nitrogens is 2. The fourth-order valence-electron chi connectivity index (χ4n) is 5.70. The second-order valence-electron chi connectivity index (χ2n) is 9.73. The number of ether oxygens (including phenoxy) is 1. The molecule has 2 atom stereocenters. The summed E-state index contributed by atoms with van der Waals surface area (Å²) in [5.74, 6) is -0.309. The Bertz CT molecular complexity index is 1450. The topological polar surface area (TPSA) is 45.6 Å². The first-order chi connectivity index (χ1) is 18.5. The summed E-state index contributed by atoms with van der Waals surface area (Å²) in [5.41, 5.74) is 6.86. The summed E-state index contributed by atoms with van der Waals surface area (Å²) in [7, 11) is 0. The van der Waals surface area contributed by atoms with Crippen molar-refractivity contribution in [2.75, 3.05) is 36.1 Å². The van der Waals surface area contributed by atoms with Crippen molar-refractivity contribution in [2.24, 2.45) is 0 Å². The van der Waals surface area contributed by atoms with Gasteiger partial charge in [-0.2, -0.15) is 0 Å². The molecule has 0 spiro atoms. The lowest BCUT2D eigenvalue weighted by atomic mass is 9.96. The number of nitrogens with one attached hydrogen (secondary N) is 1. The van der Waals surface area contributed by atoms with Crippen molar-refractivity contribution in [1.29, 1.82) is 0 Å². The number of hydrogen-bond donors (Lipinski definition) is 1. The number of anilines is 2. The standard InChI is InChI=1S/C30H30FN5OS/c1-20-19-24(21(2)35(20)23-12-10-22(11-13-23)34-15-17-37-18-16-34)29-28(26-8-5-6-14-32-26)33-30(38)36(29)27-9-4-3-7-25(27)31/h3-14,19,28-29H,15-18H2,1-2H3,(H,33,38)/t28-,29+/m1/s1. The molecule has 6 rings (SSSR count). The SMILES string of the molecule is Cc1cc([C@H]2[C@@H](c3ccccn3)NC(=S)N2c2ccccc2F)c(C)n1-c1ccc(N2CCOCC2)cc1. The minimum atomic E-state index is -0.309. The van der Waals surface area contributed by atoms with Crippen LogP contribution in [0.5, 0.6) is 0 Å². The van der Waals surface area contributed by atoms with E-state index >= 15 is 4.39 Å². The number of para-hydroxylation sites is 1. The van der Waals surface area contributed by atoms with Crippen LogP contribution >= 0.6 is 12.2 Å². The number of thiocarbonyl (C=S) groups is 1. The maximum absolute atomic E-state index is 15.1. The van der Waals surface area contributed by atoms with E-state index in [4.69, 9.17) is 17.0 Å². The third-order valence-corrected chi connectivity index (χ3v) is 7.80. The summed E-state index contributed by atoms with van der Waals surface area (Å²) in [4.78, 5) is 8.88. The van der Waals surface area contributed by atoms with Gasteiger partial charge in [0.15, 0.2) is 5.11 Å². The number of rotatable bonds is 5. The van der Waals surface area contributed by atoms with Gasteiger partial charge in [-0.15, -0.1) is 0 Å². The molecule has 2 fully saturated rings. The maximum Gasteiger partial charge on any atom is 0.174 e. The quantitative estimate of drug-likeness (QED) is 0.339. The Morgan fingerprint density at radius 3 is 2.37 bits per heavy atom. The molecule has 0 bridgehead atoms. The summed E-state index contributed by atoms with van der Waals surface area (Å²) >= 11 is 5.79. The Morgan fingerprint density at radius 2 is 1.66 bits per heavy atom. The van der Waals surface area contributed by atoms with Gasteiger partial charge in [-0.1, -0.05) is 18.2 Å². The molecule has 8 heteroatoms. The van der Waals surface area contributed by atoms with Gasteiger partial charge in [-0.05, 0) is 86.2 Å². The van der Waals surface area contributed by atoms with Gasteiger partial charge in [0.2, 0.25) is 0 Å². The van der Waals surface area contributed by atoms with Crippen molar-refractivity contribution in [3.05, 3.63) is 107 Å². The number of nitrogens with zero attached hydrogens (tertiary/aromatic N) is 4. The van der Waals surface area contributed by atoms with Crippen LogP contribution in [0.25, 0.3) is 5.69 Å². The molecule has 0 radical (unpaired) electrons. The van der Waals surface area contributed by atoms with Gasteiger partial charge in [0.1, 0.15) is 5.82 Å². The van der Waals surface area contributed by atoms with Crippen molar-refractivity contribution in [3.63, 3.8) is 0 Å². The molecule has 194 valence electrons. The molecular weight excluding hydrogens is 497 g/mol. The van der Waals surface area contributed by atoms with Gasteiger partial charge in [0, 0.05) is 42.0 Å². The molecule has 0 aliphatic carbocycles. The molecule has 2 aliphatic rings. The molecule has 2 aromatic carbocycles. The number of aryl methyl sites for hydroxylation is 1. The van der Waals surface area contributed by atoms with Gasteiger partial charge < -0.3 is 24.4 Å². The summed E-state index contributed by atoms with van der Waals surface area (Å²) < 4.78 is 22.9. The fraction of sp³-hybridized carbons (Fsp3) is 0.267. The molecule has 2 aliphatic heterocycles.